The molecule has 4 heterocycles. The van der Waals surface area contributed by atoms with Gasteiger partial charge in [0.05, 0.1) is 12.5 Å². The highest BCUT2D eigenvalue weighted by molar-refractivity contribution is 6.35. The standard InChI is InChI=1S/C25H26ClN7O4/c1-31-20-21(30-24(31)29-12-6-7-27-19(9-12)14-10-15(14)23(35)36)32(2)25(37)33(22(20)34)11-13-8-16-17(26)4-3-5-18(16)28-13/h3-9,14-15,20-21,24,28,30H,10-11H2,1-2H3,(H,27,29)(H,35,36)/t14?,15?,20?,21?,24-/m0/s1. The van der Waals surface area contributed by atoms with E-state index in [1.807, 2.05) is 36.2 Å². The van der Waals surface area contributed by atoms with Crippen LogP contribution in [0.5, 0.6) is 0 Å². The Bertz CT molecular complexity index is 1430. The second-order valence-electron chi connectivity index (χ2n) is 9.84. The highest BCUT2D eigenvalue weighted by Gasteiger charge is 2.53. The summed E-state index contributed by atoms with van der Waals surface area (Å²) in [6, 6.07) is 10.0. The maximum absolute atomic E-state index is 13.6. The van der Waals surface area contributed by atoms with Gasteiger partial charge in [-0.3, -0.25) is 29.7 Å². The number of aromatic nitrogens is 2. The van der Waals surface area contributed by atoms with E-state index in [1.165, 1.54) is 4.90 Å². The molecule has 12 heteroatoms. The fraction of sp³-hybridized carbons (Fsp3) is 0.360. The topological polar surface area (TPSA) is 134 Å². The highest BCUT2D eigenvalue weighted by atomic mass is 35.5. The van der Waals surface area contributed by atoms with Gasteiger partial charge in [0.1, 0.15) is 18.5 Å². The first-order chi connectivity index (χ1) is 17.7. The van der Waals surface area contributed by atoms with Gasteiger partial charge in [0.2, 0.25) is 0 Å². The summed E-state index contributed by atoms with van der Waals surface area (Å²) in [4.78, 5) is 50.3. The molecule has 37 heavy (non-hydrogen) atoms. The molecule has 11 nitrogen and oxygen atoms in total. The minimum atomic E-state index is -0.808. The van der Waals surface area contributed by atoms with Crippen molar-refractivity contribution in [1.82, 2.24) is 30.0 Å². The largest absolute Gasteiger partial charge is 0.481 e. The minimum Gasteiger partial charge on any atom is -0.481 e. The number of carboxylic acids is 1. The number of benzene rings is 1. The van der Waals surface area contributed by atoms with Crippen molar-refractivity contribution in [2.24, 2.45) is 5.92 Å². The van der Waals surface area contributed by atoms with E-state index in [4.69, 9.17) is 11.6 Å². The van der Waals surface area contributed by atoms with Crippen molar-refractivity contribution in [1.29, 1.82) is 0 Å². The molecular formula is C25H26ClN7O4. The number of carboxylic acid groups (broad SMARTS) is 1. The number of aliphatic carboxylic acids is 1. The third kappa shape index (κ3) is 3.99. The average Bonchev–Trinajstić information content (AvgIpc) is 3.48. The molecule has 0 bridgehead atoms. The van der Waals surface area contributed by atoms with Gasteiger partial charge in [-0.2, -0.15) is 0 Å². The number of halogens is 1. The number of aromatic amines is 1. The van der Waals surface area contributed by atoms with Crippen molar-refractivity contribution in [2.45, 2.75) is 37.4 Å². The maximum atomic E-state index is 13.6. The zero-order valence-electron chi connectivity index (χ0n) is 20.2. The molecule has 1 saturated carbocycles. The molecule has 192 valence electrons. The molecule has 2 aromatic heterocycles. The number of anilines is 1. The molecule has 6 rings (SSSR count). The van der Waals surface area contributed by atoms with Crippen molar-refractivity contribution >= 4 is 46.1 Å². The molecule has 5 atom stereocenters. The van der Waals surface area contributed by atoms with E-state index >= 15 is 0 Å². The van der Waals surface area contributed by atoms with Gasteiger partial charge in [0.15, 0.2) is 0 Å². The monoisotopic (exact) mass is 523 g/mol. The molecule has 4 N–H and O–H groups in total. The van der Waals surface area contributed by atoms with Crippen LogP contribution in [0, 0.1) is 5.92 Å². The summed E-state index contributed by atoms with van der Waals surface area (Å²) in [6.07, 6.45) is 1.27. The summed E-state index contributed by atoms with van der Waals surface area (Å²) in [5, 5.41) is 17.4. The molecule has 1 aliphatic carbocycles. The van der Waals surface area contributed by atoms with Gasteiger partial charge >= 0.3 is 12.0 Å². The van der Waals surface area contributed by atoms with Crippen molar-refractivity contribution in [3.63, 3.8) is 0 Å². The van der Waals surface area contributed by atoms with Gasteiger partial charge in [0.25, 0.3) is 5.91 Å². The van der Waals surface area contributed by atoms with Crippen LogP contribution in [0.2, 0.25) is 5.02 Å². The van der Waals surface area contributed by atoms with Crippen LogP contribution in [-0.2, 0) is 16.1 Å². The number of urea groups is 1. The number of likely N-dealkylation sites (N-methyl/N-ethyl adjacent to an activating group) is 2. The lowest BCUT2D eigenvalue weighted by atomic mass is 10.1. The number of amides is 3. The number of H-pyrrole nitrogens is 1. The fourth-order valence-electron chi connectivity index (χ4n) is 5.36. The Morgan fingerprint density at radius 1 is 1.24 bits per heavy atom. The summed E-state index contributed by atoms with van der Waals surface area (Å²) in [5.74, 6) is -1.59. The van der Waals surface area contributed by atoms with Crippen LogP contribution in [0.4, 0.5) is 10.5 Å². The van der Waals surface area contributed by atoms with Gasteiger partial charge in [-0.05, 0) is 43.8 Å². The average molecular weight is 524 g/mol. The summed E-state index contributed by atoms with van der Waals surface area (Å²) in [5.41, 5.74) is 3.02. The first kappa shape index (κ1) is 23.7. The third-order valence-electron chi connectivity index (χ3n) is 7.51. The summed E-state index contributed by atoms with van der Waals surface area (Å²) < 4.78 is 0. The molecule has 0 spiro atoms. The van der Waals surface area contributed by atoms with Crippen molar-refractivity contribution in [3.8, 4) is 0 Å². The first-order valence-electron chi connectivity index (χ1n) is 12.0. The Labute approximate surface area is 217 Å². The lowest BCUT2D eigenvalue weighted by molar-refractivity contribution is -0.139. The molecule has 3 aliphatic rings. The predicted octanol–water partition coefficient (Wildman–Crippen LogP) is 2.42. The highest BCUT2D eigenvalue weighted by Crippen LogP contribution is 2.47. The lowest BCUT2D eigenvalue weighted by Crippen LogP contribution is -2.65. The SMILES string of the molecule is CN1C(=O)N(Cc2cc3c(Cl)cccc3[nH]2)C(=O)C2C1N[C@H](Nc1ccnc(C3CC3C(=O)O)c1)N2C. The summed E-state index contributed by atoms with van der Waals surface area (Å²) >= 11 is 6.29. The van der Waals surface area contributed by atoms with Gasteiger partial charge < -0.3 is 20.3 Å². The summed E-state index contributed by atoms with van der Waals surface area (Å²) in [7, 11) is 3.50. The molecule has 2 aliphatic heterocycles. The Balaban J connectivity index is 1.20. The number of hydrogen-bond acceptors (Lipinski definition) is 7. The quantitative estimate of drug-likeness (QED) is 0.387. The minimum absolute atomic E-state index is 0.0884. The van der Waals surface area contributed by atoms with Crippen LogP contribution in [-0.4, -0.2) is 80.3 Å². The number of nitrogens with zero attached hydrogens (tertiary/aromatic N) is 4. The number of rotatable bonds is 6. The molecular weight excluding hydrogens is 498 g/mol. The van der Waals surface area contributed by atoms with E-state index in [0.717, 1.165) is 22.3 Å². The van der Waals surface area contributed by atoms with E-state index in [1.54, 1.807) is 30.3 Å². The molecule has 3 fully saturated rings. The normalized spacial score (nSPS) is 27.6. The smallest absolute Gasteiger partial charge is 0.328 e. The number of hydrogen-bond donors (Lipinski definition) is 4. The molecule has 4 unspecified atom stereocenters. The molecule has 0 radical (unpaired) electrons. The molecule has 1 aromatic carbocycles. The van der Waals surface area contributed by atoms with E-state index in [-0.39, 0.29) is 18.4 Å². The van der Waals surface area contributed by atoms with Crippen LogP contribution < -0.4 is 10.6 Å². The maximum Gasteiger partial charge on any atom is 0.328 e. The number of fused-ring (bicyclic) bond motifs is 2. The Morgan fingerprint density at radius 3 is 2.78 bits per heavy atom. The first-order valence-corrected chi connectivity index (χ1v) is 12.4. The van der Waals surface area contributed by atoms with E-state index in [0.29, 0.717) is 17.1 Å². The van der Waals surface area contributed by atoms with Crippen LogP contribution >= 0.6 is 11.6 Å². The Morgan fingerprint density at radius 2 is 2.05 bits per heavy atom. The van der Waals surface area contributed by atoms with Gasteiger partial charge in [0, 0.05) is 52.2 Å². The van der Waals surface area contributed by atoms with E-state index in [2.05, 4.69) is 20.6 Å². The van der Waals surface area contributed by atoms with Crippen molar-refractivity contribution in [2.75, 3.05) is 19.4 Å². The Kier molecular flexibility index (Phi) is 5.59. The second-order valence-corrected chi connectivity index (χ2v) is 10.2. The number of nitrogens with one attached hydrogen (secondary N) is 3. The van der Waals surface area contributed by atoms with Crippen molar-refractivity contribution < 1.29 is 19.5 Å². The number of carbonyl (C=O) groups is 3. The van der Waals surface area contributed by atoms with E-state index < -0.39 is 36.4 Å². The predicted molar refractivity (Wildman–Crippen MR) is 136 cm³/mol. The van der Waals surface area contributed by atoms with Gasteiger partial charge in [-0.25, -0.2) is 4.79 Å². The Hall–Kier alpha value is -3.67. The molecule has 2 saturated heterocycles. The van der Waals surface area contributed by atoms with Crippen molar-refractivity contribution in [3.05, 3.63) is 59.0 Å². The second kappa shape index (κ2) is 8.72. The summed E-state index contributed by atoms with van der Waals surface area (Å²) in [6.45, 7) is 0.0992. The molecule has 3 aromatic rings. The van der Waals surface area contributed by atoms with E-state index in [9.17, 15) is 19.5 Å². The van der Waals surface area contributed by atoms with Crippen LogP contribution in [0.1, 0.15) is 23.7 Å². The number of imide groups is 1. The lowest BCUT2D eigenvalue weighted by Gasteiger charge is -2.40. The van der Waals surface area contributed by atoms with Gasteiger partial charge in [-0.15, -0.1) is 0 Å². The number of pyridine rings is 1. The van der Waals surface area contributed by atoms with Crippen LogP contribution in [0.25, 0.3) is 10.9 Å². The third-order valence-corrected chi connectivity index (χ3v) is 7.84. The van der Waals surface area contributed by atoms with Gasteiger partial charge in [-0.1, -0.05) is 17.7 Å². The molecule has 3 amide bonds. The van der Waals surface area contributed by atoms with Crippen LogP contribution in [0.15, 0.2) is 42.6 Å². The fourth-order valence-corrected chi connectivity index (χ4v) is 5.59. The number of carbonyl (C=O) groups excluding carboxylic acids is 2. The van der Waals surface area contributed by atoms with Crippen LogP contribution in [0.3, 0.4) is 0 Å². The zero-order chi connectivity index (χ0) is 26.0. The zero-order valence-corrected chi connectivity index (χ0v) is 20.9.